The molecule has 1 aromatic rings. The fraction of sp³-hybridized carbons (Fsp3) is 0.611. The molecule has 4 nitrogen and oxygen atoms in total. The molecule has 1 saturated carbocycles. The zero-order valence-corrected chi connectivity index (χ0v) is 14.6. The molecule has 0 radical (unpaired) electrons. The molecule has 1 aliphatic heterocycles. The van der Waals surface area contributed by atoms with Crippen molar-refractivity contribution in [1.82, 2.24) is 10.6 Å². The van der Waals surface area contributed by atoms with E-state index in [1.54, 1.807) is 7.11 Å². The van der Waals surface area contributed by atoms with Crippen LogP contribution in [0.4, 0.5) is 0 Å². The molecule has 0 spiro atoms. The van der Waals surface area contributed by atoms with Gasteiger partial charge < -0.3 is 15.4 Å². The Labute approximate surface area is 142 Å². The van der Waals surface area contributed by atoms with Gasteiger partial charge in [-0.1, -0.05) is 25.0 Å². The van der Waals surface area contributed by atoms with Gasteiger partial charge in [-0.3, -0.25) is 4.79 Å². The lowest BCUT2D eigenvalue weighted by atomic mass is 9.87. The van der Waals surface area contributed by atoms with Crippen LogP contribution in [0.3, 0.4) is 0 Å². The summed E-state index contributed by atoms with van der Waals surface area (Å²) >= 11 is 1.93. The second-order valence-corrected chi connectivity index (χ2v) is 7.65. The molecule has 2 aliphatic rings. The molecule has 1 atom stereocenters. The Hall–Kier alpha value is -1.20. The van der Waals surface area contributed by atoms with E-state index in [4.69, 9.17) is 4.74 Å². The lowest BCUT2D eigenvalue weighted by Crippen LogP contribution is -2.47. The molecule has 0 bridgehead atoms. The van der Waals surface area contributed by atoms with Crippen LogP contribution in [0.1, 0.15) is 37.7 Å². The first-order valence-electron chi connectivity index (χ1n) is 8.48. The first-order chi connectivity index (χ1) is 11.2. The zero-order chi connectivity index (χ0) is 16.1. The Morgan fingerprint density at radius 1 is 1.35 bits per heavy atom. The molecular weight excluding hydrogens is 308 g/mol. The van der Waals surface area contributed by atoms with Gasteiger partial charge >= 0.3 is 0 Å². The molecule has 3 rings (SSSR count). The average Bonchev–Trinajstić information content (AvgIpc) is 3.05. The van der Waals surface area contributed by atoms with E-state index in [1.807, 2.05) is 23.9 Å². The first-order valence-corrected chi connectivity index (χ1v) is 9.64. The van der Waals surface area contributed by atoms with Crippen molar-refractivity contribution in [3.8, 4) is 5.75 Å². The lowest BCUT2D eigenvalue weighted by molar-refractivity contribution is -0.123. The van der Waals surface area contributed by atoms with Crippen molar-refractivity contribution in [2.75, 3.05) is 25.2 Å². The van der Waals surface area contributed by atoms with Gasteiger partial charge in [-0.05, 0) is 30.5 Å². The van der Waals surface area contributed by atoms with Crippen LogP contribution in [-0.4, -0.2) is 37.1 Å². The molecular formula is C18H26N2O2S. The number of carbonyl (C=O) groups excluding carboxylic acids is 1. The minimum absolute atomic E-state index is 0.169. The molecule has 2 N–H and O–H groups in total. The minimum atomic E-state index is -0.189. The number of hydrogen-bond acceptors (Lipinski definition) is 4. The highest BCUT2D eigenvalue weighted by Gasteiger charge is 2.37. The highest BCUT2D eigenvalue weighted by atomic mass is 32.2. The molecule has 1 aromatic carbocycles. The summed E-state index contributed by atoms with van der Waals surface area (Å²) in [6.45, 7) is 1.01. The molecule has 23 heavy (non-hydrogen) atoms. The number of rotatable bonds is 5. The summed E-state index contributed by atoms with van der Waals surface area (Å²) < 4.78 is 5.25. The van der Waals surface area contributed by atoms with Gasteiger partial charge in [-0.25, -0.2) is 0 Å². The zero-order valence-electron chi connectivity index (χ0n) is 13.8. The number of methoxy groups -OCH3 is 1. The van der Waals surface area contributed by atoms with Crippen LogP contribution < -0.4 is 15.4 Å². The predicted molar refractivity (Wildman–Crippen MR) is 95.0 cm³/mol. The largest absolute Gasteiger partial charge is 0.497 e. The van der Waals surface area contributed by atoms with Gasteiger partial charge in [0.2, 0.25) is 5.91 Å². The van der Waals surface area contributed by atoms with Crippen molar-refractivity contribution in [3.63, 3.8) is 0 Å². The van der Waals surface area contributed by atoms with Gasteiger partial charge in [0.1, 0.15) is 5.75 Å². The van der Waals surface area contributed by atoms with Crippen molar-refractivity contribution < 1.29 is 9.53 Å². The van der Waals surface area contributed by atoms with E-state index in [-0.39, 0.29) is 11.4 Å². The molecule has 1 aliphatic carbocycles. The molecule has 2 fully saturated rings. The maximum absolute atomic E-state index is 12.6. The maximum atomic E-state index is 12.6. The first kappa shape index (κ1) is 16.7. The molecule has 1 amide bonds. The third-order valence-corrected chi connectivity index (χ3v) is 6.04. The summed E-state index contributed by atoms with van der Waals surface area (Å²) in [5.74, 6) is 3.20. The topological polar surface area (TPSA) is 50.4 Å². The van der Waals surface area contributed by atoms with Gasteiger partial charge in [0.25, 0.3) is 0 Å². The normalized spacial score (nSPS) is 23.4. The van der Waals surface area contributed by atoms with Crippen LogP contribution in [0.15, 0.2) is 24.3 Å². The van der Waals surface area contributed by atoms with Crippen LogP contribution >= 0.6 is 11.8 Å². The number of thioether (sulfide) groups is 1. The van der Waals surface area contributed by atoms with Crippen LogP contribution in [0.5, 0.6) is 5.75 Å². The Morgan fingerprint density at radius 2 is 2.09 bits per heavy atom. The van der Waals surface area contributed by atoms with Gasteiger partial charge in [-0.15, -0.1) is 0 Å². The fourth-order valence-electron chi connectivity index (χ4n) is 3.67. The Balaban J connectivity index is 1.68. The number of benzene rings is 1. The van der Waals surface area contributed by atoms with Crippen LogP contribution in [-0.2, 0) is 10.3 Å². The third-order valence-electron chi connectivity index (χ3n) is 4.91. The summed E-state index contributed by atoms with van der Waals surface area (Å²) in [4.78, 5) is 12.6. The predicted octanol–water partition coefficient (Wildman–Crippen LogP) is 2.68. The Morgan fingerprint density at radius 3 is 2.70 bits per heavy atom. The molecule has 126 valence electrons. The summed E-state index contributed by atoms with van der Waals surface area (Å²) in [6, 6.07) is 8.48. The highest BCUT2D eigenvalue weighted by Crippen LogP contribution is 2.39. The smallest absolute Gasteiger partial charge is 0.222 e. The van der Waals surface area contributed by atoms with Gasteiger partial charge in [0.05, 0.1) is 12.6 Å². The molecule has 1 unspecified atom stereocenters. The molecule has 5 heteroatoms. The summed E-state index contributed by atoms with van der Waals surface area (Å²) in [7, 11) is 1.68. The standard InChI is InChI=1S/C18H26N2O2S/c1-22-16-6-4-14(5-7-16)18(8-2-3-9-18)20-17(21)12-15-13-23-11-10-19-15/h4-7,15,19H,2-3,8-13H2,1H3,(H,20,21). The molecule has 0 aromatic heterocycles. The van der Waals surface area contributed by atoms with E-state index < -0.39 is 0 Å². The highest BCUT2D eigenvalue weighted by molar-refractivity contribution is 7.99. The number of hydrogen-bond donors (Lipinski definition) is 2. The Kier molecular flexibility index (Phi) is 5.49. The monoisotopic (exact) mass is 334 g/mol. The summed E-state index contributed by atoms with van der Waals surface area (Å²) in [6.07, 6.45) is 4.97. The van der Waals surface area contributed by atoms with E-state index >= 15 is 0 Å². The second kappa shape index (κ2) is 7.58. The molecule has 1 saturated heterocycles. The van der Waals surface area contributed by atoms with E-state index in [0.29, 0.717) is 12.5 Å². The quantitative estimate of drug-likeness (QED) is 0.869. The average molecular weight is 334 g/mol. The maximum Gasteiger partial charge on any atom is 0.222 e. The number of ether oxygens (including phenoxy) is 1. The van der Waals surface area contributed by atoms with E-state index in [9.17, 15) is 4.79 Å². The van der Waals surface area contributed by atoms with Crippen LogP contribution in [0.25, 0.3) is 0 Å². The van der Waals surface area contributed by atoms with E-state index in [0.717, 1.165) is 36.6 Å². The lowest BCUT2D eigenvalue weighted by Gasteiger charge is -2.32. The van der Waals surface area contributed by atoms with E-state index in [1.165, 1.54) is 18.4 Å². The Bertz CT molecular complexity index is 520. The van der Waals surface area contributed by atoms with Crippen molar-refractivity contribution >= 4 is 17.7 Å². The number of nitrogens with one attached hydrogen (secondary N) is 2. The SMILES string of the molecule is COc1ccc(C2(NC(=O)CC3CSCCN3)CCCC2)cc1. The van der Waals surface area contributed by atoms with Crippen LogP contribution in [0.2, 0.25) is 0 Å². The summed E-state index contributed by atoms with van der Waals surface area (Å²) in [5, 5.41) is 6.81. The third kappa shape index (κ3) is 4.01. The van der Waals surface area contributed by atoms with Gasteiger partial charge in [-0.2, -0.15) is 11.8 Å². The second-order valence-electron chi connectivity index (χ2n) is 6.50. The van der Waals surface area contributed by atoms with Crippen LogP contribution in [0, 0.1) is 0 Å². The van der Waals surface area contributed by atoms with E-state index in [2.05, 4.69) is 22.8 Å². The van der Waals surface area contributed by atoms with Crippen molar-refractivity contribution in [2.24, 2.45) is 0 Å². The minimum Gasteiger partial charge on any atom is -0.497 e. The van der Waals surface area contributed by atoms with Gasteiger partial charge in [0, 0.05) is 30.5 Å². The molecule has 1 heterocycles. The summed E-state index contributed by atoms with van der Waals surface area (Å²) in [5.41, 5.74) is 1.01. The van der Waals surface area contributed by atoms with Crippen molar-refractivity contribution in [1.29, 1.82) is 0 Å². The van der Waals surface area contributed by atoms with Gasteiger partial charge in [0.15, 0.2) is 0 Å². The number of carbonyl (C=O) groups is 1. The van der Waals surface area contributed by atoms with Crippen molar-refractivity contribution in [3.05, 3.63) is 29.8 Å². The van der Waals surface area contributed by atoms with Crippen molar-refractivity contribution in [2.45, 2.75) is 43.7 Å². The fourth-order valence-corrected chi connectivity index (χ4v) is 4.62. The number of amides is 1.